The highest BCUT2D eigenvalue weighted by Gasteiger charge is 2.47. The molecule has 0 saturated carbocycles. The van der Waals surface area contributed by atoms with Crippen molar-refractivity contribution in [1.82, 2.24) is 0 Å². The smallest absolute Gasteiger partial charge is 0.265 e. The summed E-state index contributed by atoms with van der Waals surface area (Å²) >= 11 is 0. The molecular weight excluding hydrogens is 304 g/mol. The van der Waals surface area contributed by atoms with E-state index in [1.54, 1.807) is 26.0 Å². The first-order valence-electron chi connectivity index (χ1n) is 8.13. The number of nitrogens with two attached hydrogens (primary N) is 1. The Bertz CT molecular complexity index is 692. The number of amides is 1. The second kappa shape index (κ2) is 7.45. The number of allylic oxidation sites excluding steroid dienone is 1. The van der Waals surface area contributed by atoms with Crippen LogP contribution in [0.5, 0.6) is 0 Å². The first kappa shape index (κ1) is 17.9. The fourth-order valence-corrected chi connectivity index (χ4v) is 2.79. The van der Waals surface area contributed by atoms with Crippen LogP contribution in [0.15, 0.2) is 53.3 Å². The predicted molar refractivity (Wildman–Crippen MR) is 94.3 cm³/mol. The van der Waals surface area contributed by atoms with Crippen molar-refractivity contribution >= 4 is 17.4 Å². The van der Waals surface area contributed by atoms with Gasteiger partial charge in [0.1, 0.15) is 0 Å². The molecule has 1 aromatic rings. The number of carbonyl (C=O) groups excluding carboxylic acids is 2. The van der Waals surface area contributed by atoms with E-state index in [-0.39, 0.29) is 17.4 Å². The third-order valence-electron chi connectivity index (χ3n) is 4.27. The molecule has 0 aliphatic heterocycles. The van der Waals surface area contributed by atoms with Crippen LogP contribution in [0.1, 0.15) is 33.6 Å². The monoisotopic (exact) mass is 328 g/mol. The van der Waals surface area contributed by atoms with Crippen LogP contribution >= 0.6 is 0 Å². The zero-order valence-corrected chi connectivity index (χ0v) is 14.4. The SMILES string of the molecule is CCCCOC1(C(=O)Nc2ccccc2)C(C)=CC(=O)C(N)=C1C. The van der Waals surface area contributed by atoms with Gasteiger partial charge in [0.2, 0.25) is 5.78 Å². The molecule has 0 saturated heterocycles. The molecule has 128 valence electrons. The number of para-hydroxylation sites is 1. The van der Waals surface area contributed by atoms with Gasteiger partial charge in [0.25, 0.3) is 5.91 Å². The van der Waals surface area contributed by atoms with Gasteiger partial charge in [-0.3, -0.25) is 9.59 Å². The Kier molecular flexibility index (Phi) is 5.57. The predicted octanol–water partition coefficient (Wildman–Crippen LogP) is 2.94. The Morgan fingerprint density at radius 3 is 2.54 bits per heavy atom. The zero-order valence-electron chi connectivity index (χ0n) is 14.4. The second-order valence-electron chi connectivity index (χ2n) is 5.93. The molecule has 1 aromatic carbocycles. The lowest BCUT2D eigenvalue weighted by Gasteiger charge is -2.37. The van der Waals surface area contributed by atoms with E-state index in [9.17, 15) is 9.59 Å². The molecule has 5 nitrogen and oxygen atoms in total. The molecule has 1 aliphatic rings. The number of hydrogen-bond donors (Lipinski definition) is 2. The van der Waals surface area contributed by atoms with Crippen molar-refractivity contribution < 1.29 is 14.3 Å². The number of unbranched alkanes of at least 4 members (excludes halogenated alkanes) is 1. The van der Waals surface area contributed by atoms with Gasteiger partial charge >= 0.3 is 0 Å². The van der Waals surface area contributed by atoms with E-state index >= 15 is 0 Å². The molecule has 3 N–H and O–H groups in total. The molecule has 1 atom stereocenters. The Morgan fingerprint density at radius 2 is 1.92 bits per heavy atom. The van der Waals surface area contributed by atoms with E-state index in [0.29, 0.717) is 23.4 Å². The van der Waals surface area contributed by atoms with Crippen LogP contribution in [0.25, 0.3) is 0 Å². The maximum atomic E-state index is 13.1. The minimum atomic E-state index is -1.34. The summed E-state index contributed by atoms with van der Waals surface area (Å²) < 4.78 is 6.02. The van der Waals surface area contributed by atoms with Gasteiger partial charge in [0, 0.05) is 12.3 Å². The molecule has 1 unspecified atom stereocenters. The van der Waals surface area contributed by atoms with Crippen molar-refractivity contribution in [2.24, 2.45) is 5.73 Å². The largest absolute Gasteiger partial charge is 0.396 e. The highest BCUT2D eigenvalue weighted by atomic mass is 16.5. The van der Waals surface area contributed by atoms with E-state index in [1.807, 2.05) is 25.1 Å². The molecule has 0 bridgehead atoms. The summed E-state index contributed by atoms with van der Waals surface area (Å²) in [6, 6.07) is 9.14. The van der Waals surface area contributed by atoms with Gasteiger partial charge in [0.15, 0.2) is 5.60 Å². The minimum Gasteiger partial charge on any atom is -0.396 e. The number of ketones is 1. The average Bonchev–Trinajstić information content (AvgIpc) is 2.57. The highest BCUT2D eigenvalue weighted by Crippen LogP contribution is 2.36. The first-order chi connectivity index (χ1) is 11.4. The lowest BCUT2D eigenvalue weighted by atomic mass is 9.79. The number of carbonyl (C=O) groups is 2. The van der Waals surface area contributed by atoms with Crippen molar-refractivity contribution in [3.63, 3.8) is 0 Å². The minimum absolute atomic E-state index is 0.0697. The summed E-state index contributed by atoms with van der Waals surface area (Å²) in [5.41, 5.74) is 6.30. The molecule has 0 aromatic heterocycles. The molecule has 0 spiro atoms. The second-order valence-corrected chi connectivity index (χ2v) is 5.93. The maximum Gasteiger partial charge on any atom is 0.265 e. The third kappa shape index (κ3) is 3.26. The Balaban J connectivity index is 2.41. The van der Waals surface area contributed by atoms with Crippen LogP contribution in [0.4, 0.5) is 5.69 Å². The quantitative estimate of drug-likeness (QED) is 0.787. The van der Waals surface area contributed by atoms with Crippen LogP contribution in [-0.4, -0.2) is 23.9 Å². The van der Waals surface area contributed by atoms with E-state index in [0.717, 1.165) is 12.8 Å². The van der Waals surface area contributed by atoms with Gasteiger partial charge < -0.3 is 15.8 Å². The highest BCUT2D eigenvalue weighted by molar-refractivity contribution is 6.12. The van der Waals surface area contributed by atoms with E-state index in [2.05, 4.69) is 5.32 Å². The van der Waals surface area contributed by atoms with E-state index in [4.69, 9.17) is 10.5 Å². The van der Waals surface area contributed by atoms with Crippen LogP contribution < -0.4 is 11.1 Å². The summed E-state index contributed by atoms with van der Waals surface area (Å²) in [4.78, 5) is 25.0. The number of benzene rings is 1. The molecule has 0 fully saturated rings. The lowest BCUT2D eigenvalue weighted by Crippen LogP contribution is -2.51. The normalized spacial score (nSPS) is 20.8. The number of anilines is 1. The molecule has 5 heteroatoms. The van der Waals surface area contributed by atoms with Gasteiger partial charge in [-0.05, 0) is 49.6 Å². The van der Waals surface area contributed by atoms with Crippen molar-refractivity contribution in [2.75, 3.05) is 11.9 Å². The molecular formula is C19H24N2O3. The van der Waals surface area contributed by atoms with Crippen molar-refractivity contribution in [1.29, 1.82) is 0 Å². The Labute approximate surface area is 142 Å². The summed E-state index contributed by atoms with van der Waals surface area (Å²) in [7, 11) is 0. The van der Waals surface area contributed by atoms with Gasteiger partial charge in [0.05, 0.1) is 5.70 Å². The van der Waals surface area contributed by atoms with Crippen molar-refractivity contribution in [3.05, 3.63) is 53.3 Å². The molecule has 1 amide bonds. The van der Waals surface area contributed by atoms with Crippen LogP contribution in [0, 0.1) is 0 Å². The topological polar surface area (TPSA) is 81.4 Å². The molecule has 1 aliphatic carbocycles. The van der Waals surface area contributed by atoms with Gasteiger partial charge in [-0.2, -0.15) is 0 Å². The molecule has 0 radical (unpaired) electrons. The van der Waals surface area contributed by atoms with Gasteiger partial charge in [-0.15, -0.1) is 0 Å². The van der Waals surface area contributed by atoms with Crippen molar-refractivity contribution in [3.8, 4) is 0 Å². The fourth-order valence-electron chi connectivity index (χ4n) is 2.79. The van der Waals surface area contributed by atoms with Gasteiger partial charge in [-0.1, -0.05) is 31.5 Å². The summed E-state index contributed by atoms with van der Waals surface area (Å²) in [6.45, 7) is 5.86. The Hall–Kier alpha value is -2.40. The fraction of sp³-hybridized carbons (Fsp3) is 0.368. The summed E-state index contributed by atoms with van der Waals surface area (Å²) in [6.07, 6.45) is 3.14. The maximum absolute atomic E-state index is 13.1. The number of nitrogens with one attached hydrogen (secondary N) is 1. The average molecular weight is 328 g/mol. The van der Waals surface area contributed by atoms with Gasteiger partial charge in [-0.25, -0.2) is 0 Å². The van der Waals surface area contributed by atoms with Crippen LogP contribution in [0.3, 0.4) is 0 Å². The zero-order chi connectivity index (χ0) is 17.7. The first-order valence-corrected chi connectivity index (χ1v) is 8.13. The Morgan fingerprint density at radius 1 is 1.25 bits per heavy atom. The molecule has 24 heavy (non-hydrogen) atoms. The number of hydrogen-bond acceptors (Lipinski definition) is 4. The van der Waals surface area contributed by atoms with Crippen LogP contribution in [-0.2, 0) is 14.3 Å². The lowest BCUT2D eigenvalue weighted by molar-refractivity contribution is -0.133. The summed E-state index contributed by atoms with van der Waals surface area (Å²) in [5.74, 6) is -0.626. The number of rotatable bonds is 6. The summed E-state index contributed by atoms with van der Waals surface area (Å²) in [5, 5.41) is 2.87. The molecule has 0 heterocycles. The standard InChI is InChI=1S/C19H24N2O3/c1-4-5-11-24-19(13(2)12-16(22)17(20)14(19)3)18(23)21-15-9-7-6-8-10-15/h6-10,12H,4-5,11,20H2,1-3H3,(H,21,23). The number of ether oxygens (including phenoxy) is 1. The van der Waals surface area contributed by atoms with Crippen molar-refractivity contribution in [2.45, 2.75) is 39.2 Å². The van der Waals surface area contributed by atoms with E-state index in [1.165, 1.54) is 6.08 Å². The third-order valence-corrected chi connectivity index (χ3v) is 4.27. The van der Waals surface area contributed by atoms with Crippen LogP contribution in [0.2, 0.25) is 0 Å². The molecule has 2 rings (SSSR count). The van der Waals surface area contributed by atoms with E-state index < -0.39 is 5.60 Å².